The normalized spacial score (nSPS) is 11.7. The Kier molecular flexibility index (Phi) is 5.22. The maximum Gasteiger partial charge on any atom is 0.274 e. The molecule has 132 valence electrons. The lowest BCUT2D eigenvalue weighted by molar-refractivity contribution is 0.102. The van der Waals surface area contributed by atoms with E-state index in [9.17, 15) is 9.18 Å². The number of aromatic nitrogens is 2. The quantitative estimate of drug-likeness (QED) is 0.718. The third-order valence-corrected chi connectivity index (χ3v) is 3.83. The molecule has 0 bridgehead atoms. The second kappa shape index (κ2) is 7.74. The molecule has 2 aromatic carbocycles. The predicted octanol–water partition coefficient (Wildman–Crippen LogP) is 4.35. The Hall–Kier alpha value is -3.28. The first kappa shape index (κ1) is 17.5. The highest BCUT2D eigenvalue weighted by molar-refractivity contribution is 6.03. The zero-order chi connectivity index (χ0) is 18.5. The van der Waals surface area contributed by atoms with Crippen molar-refractivity contribution in [3.8, 4) is 0 Å². The number of anilines is 2. The van der Waals surface area contributed by atoms with Gasteiger partial charge < -0.3 is 10.6 Å². The van der Waals surface area contributed by atoms with Gasteiger partial charge in [0.2, 0.25) is 5.95 Å². The Labute approximate surface area is 151 Å². The summed E-state index contributed by atoms with van der Waals surface area (Å²) in [6.07, 6.45) is 0. The van der Waals surface area contributed by atoms with E-state index >= 15 is 0 Å². The molecule has 3 rings (SSSR count). The van der Waals surface area contributed by atoms with Crippen LogP contribution in [0.15, 0.2) is 60.7 Å². The third kappa shape index (κ3) is 4.42. The smallest absolute Gasteiger partial charge is 0.274 e. The Morgan fingerprint density at radius 3 is 2.42 bits per heavy atom. The molecule has 0 saturated heterocycles. The SMILES string of the molecule is Cc1cc(C(=O)Nc2ccc(F)cc2)nc(NC(C)c2ccccc2)n1. The molecule has 0 aliphatic rings. The summed E-state index contributed by atoms with van der Waals surface area (Å²) >= 11 is 0. The number of carbonyl (C=O) groups is 1. The summed E-state index contributed by atoms with van der Waals surface area (Å²) in [5.74, 6) is -0.356. The van der Waals surface area contributed by atoms with Crippen LogP contribution < -0.4 is 10.6 Å². The minimum Gasteiger partial charge on any atom is -0.348 e. The van der Waals surface area contributed by atoms with Crippen molar-refractivity contribution in [2.45, 2.75) is 19.9 Å². The van der Waals surface area contributed by atoms with Crippen molar-refractivity contribution >= 4 is 17.5 Å². The molecule has 0 fully saturated rings. The fourth-order valence-corrected chi connectivity index (χ4v) is 2.50. The topological polar surface area (TPSA) is 66.9 Å². The van der Waals surface area contributed by atoms with Crippen LogP contribution in [0.3, 0.4) is 0 Å². The van der Waals surface area contributed by atoms with Crippen molar-refractivity contribution in [2.24, 2.45) is 0 Å². The number of nitrogens with zero attached hydrogens (tertiary/aromatic N) is 2. The molecule has 0 saturated carbocycles. The van der Waals surface area contributed by atoms with Crippen molar-refractivity contribution in [3.05, 3.63) is 83.4 Å². The molecular formula is C20H19FN4O. The average molecular weight is 350 g/mol. The Morgan fingerprint density at radius 2 is 1.73 bits per heavy atom. The van der Waals surface area contributed by atoms with Crippen LogP contribution in [-0.2, 0) is 0 Å². The van der Waals surface area contributed by atoms with E-state index in [0.29, 0.717) is 17.3 Å². The molecule has 1 amide bonds. The molecule has 1 unspecified atom stereocenters. The Balaban J connectivity index is 1.76. The maximum atomic E-state index is 13.0. The van der Waals surface area contributed by atoms with Crippen molar-refractivity contribution in [3.63, 3.8) is 0 Å². The number of halogens is 1. The van der Waals surface area contributed by atoms with E-state index in [4.69, 9.17) is 0 Å². The number of amides is 1. The molecule has 1 heterocycles. The fraction of sp³-hybridized carbons (Fsp3) is 0.150. The van der Waals surface area contributed by atoms with Crippen LogP contribution in [0.1, 0.15) is 34.7 Å². The Morgan fingerprint density at radius 1 is 1.04 bits per heavy atom. The number of hydrogen-bond acceptors (Lipinski definition) is 4. The monoisotopic (exact) mass is 350 g/mol. The standard InChI is InChI=1S/C20H19FN4O/c1-13-12-18(19(26)24-17-10-8-16(21)9-11-17)25-20(22-13)23-14(2)15-6-4-3-5-7-15/h3-12,14H,1-2H3,(H,24,26)(H,22,23,25). The summed E-state index contributed by atoms with van der Waals surface area (Å²) in [4.78, 5) is 21.1. The molecule has 5 nitrogen and oxygen atoms in total. The summed E-state index contributed by atoms with van der Waals surface area (Å²) in [7, 11) is 0. The first-order valence-corrected chi connectivity index (χ1v) is 8.25. The summed E-state index contributed by atoms with van der Waals surface area (Å²) in [5.41, 5.74) is 2.51. The third-order valence-electron chi connectivity index (χ3n) is 3.83. The minimum absolute atomic E-state index is 0.00832. The van der Waals surface area contributed by atoms with Crippen LogP contribution in [-0.4, -0.2) is 15.9 Å². The molecular weight excluding hydrogens is 331 g/mol. The highest BCUT2D eigenvalue weighted by atomic mass is 19.1. The van der Waals surface area contributed by atoms with Gasteiger partial charge in [0.25, 0.3) is 5.91 Å². The van der Waals surface area contributed by atoms with Gasteiger partial charge in [-0.1, -0.05) is 30.3 Å². The van der Waals surface area contributed by atoms with Crippen LogP contribution in [0.2, 0.25) is 0 Å². The Bertz CT molecular complexity index is 897. The van der Waals surface area contributed by atoms with E-state index in [2.05, 4.69) is 20.6 Å². The van der Waals surface area contributed by atoms with Gasteiger partial charge in [-0.3, -0.25) is 4.79 Å². The van der Waals surface area contributed by atoms with Crippen LogP contribution in [0.25, 0.3) is 0 Å². The first-order chi connectivity index (χ1) is 12.5. The van der Waals surface area contributed by atoms with Gasteiger partial charge in [-0.15, -0.1) is 0 Å². The van der Waals surface area contributed by atoms with E-state index in [1.807, 2.05) is 37.3 Å². The summed E-state index contributed by atoms with van der Waals surface area (Å²) in [6, 6.07) is 17.1. The fourth-order valence-electron chi connectivity index (χ4n) is 2.50. The lowest BCUT2D eigenvalue weighted by Crippen LogP contribution is -2.17. The number of carbonyl (C=O) groups excluding carboxylic acids is 1. The van der Waals surface area contributed by atoms with Crippen LogP contribution in [0, 0.1) is 12.7 Å². The van der Waals surface area contributed by atoms with Crippen molar-refractivity contribution in [1.82, 2.24) is 9.97 Å². The van der Waals surface area contributed by atoms with Gasteiger partial charge in [-0.2, -0.15) is 0 Å². The van der Waals surface area contributed by atoms with Crippen molar-refractivity contribution in [2.75, 3.05) is 10.6 Å². The predicted molar refractivity (Wildman–Crippen MR) is 99.6 cm³/mol. The lowest BCUT2D eigenvalue weighted by Gasteiger charge is -2.15. The van der Waals surface area contributed by atoms with Gasteiger partial charge in [0, 0.05) is 11.4 Å². The number of nitrogens with one attached hydrogen (secondary N) is 2. The van der Waals surface area contributed by atoms with Gasteiger partial charge >= 0.3 is 0 Å². The minimum atomic E-state index is -0.377. The summed E-state index contributed by atoms with van der Waals surface area (Å²) < 4.78 is 13.0. The van der Waals surface area contributed by atoms with E-state index in [-0.39, 0.29) is 23.5 Å². The number of benzene rings is 2. The van der Waals surface area contributed by atoms with Gasteiger partial charge in [-0.25, -0.2) is 14.4 Å². The second-order valence-corrected chi connectivity index (χ2v) is 5.96. The maximum absolute atomic E-state index is 13.0. The summed E-state index contributed by atoms with van der Waals surface area (Å²) in [6.45, 7) is 3.80. The van der Waals surface area contributed by atoms with Gasteiger partial charge in [-0.05, 0) is 49.7 Å². The zero-order valence-corrected chi connectivity index (χ0v) is 14.5. The van der Waals surface area contributed by atoms with Gasteiger partial charge in [0.1, 0.15) is 11.5 Å². The van der Waals surface area contributed by atoms with Crippen molar-refractivity contribution in [1.29, 1.82) is 0 Å². The number of hydrogen-bond donors (Lipinski definition) is 2. The van der Waals surface area contributed by atoms with Crippen molar-refractivity contribution < 1.29 is 9.18 Å². The van der Waals surface area contributed by atoms with E-state index in [1.165, 1.54) is 24.3 Å². The molecule has 0 aliphatic carbocycles. The lowest BCUT2D eigenvalue weighted by atomic mass is 10.1. The molecule has 2 N–H and O–H groups in total. The second-order valence-electron chi connectivity index (χ2n) is 5.96. The highest BCUT2D eigenvalue weighted by Crippen LogP contribution is 2.17. The molecule has 0 spiro atoms. The first-order valence-electron chi connectivity index (χ1n) is 8.25. The molecule has 6 heteroatoms. The molecule has 26 heavy (non-hydrogen) atoms. The molecule has 0 radical (unpaired) electrons. The van der Waals surface area contributed by atoms with Crippen LogP contribution >= 0.6 is 0 Å². The van der Waals surface area contributed by atoms with E-state index < -0.39 is 0 Å². The van der Waals surface area contributed by atoms with Crippen LogP contribution in [0.4, 0.5) is 16.0 Å². The van der Waals surface area contributed by atoms with Gasteiger partial charge in [0.15, 0.2) is 0 Å². The van der Waals surface area contributed by atoms with Crippen LogP contribution in [0.5, 0.6) is 0 Å². The molecule has 3 aromatic rings. The number of rotatable bonds is 5. The summed E-state index contributed by atoms with van der Waals surface area (Å²) in [5, 5.41) is 5.91. The molecule has 1 aromatic heterocycles. The zero-order valence-electron chi connectivity index (χ0n) is 14.5. The van der Waals surface area contributed by atoms with E-state index in [0.717, 1.165) is 5.56 Å². The molecule has 0 aliphatic heterocycles. The van der Waals surface area contributed by atoms with Gasteiger partial charge in [0.05, 0.1) is 6.04 Å². The molecule has 1 atom stereocenters. The van der Waals surface area contributed by atoms with E-state index in [1.54, 1.807) is 13.0 Å². The number of aryl methyl sites for hydroxylation is 1. The largest absolute Gasteiger partial charge is 0.348 e. The average Bonchev–Trinajstić information content (AvgIpc) is 2.64. The highest BCUT2D eigenvalue weighted by Gasteiger charge is 2.13.